The topological polar surface area (TPSA) is 4.93 Å². The number of halogens is 2. The van der Waals surface area contributed by atoms with E-state index in [1.807, 2.05) is 30.3 Å². The molecule has 0 fully saturated rings. The van der Waals surface area contributed by atoms with Crippen molar-refractivity contribution in [2.75, 3.05) is 0 Å². The molecule has 0 aliphatic heterocycles. The maximum absolute atomic E-state index is 4.93. The first-order valence-electron chi connectivity index (χ1n) is 8.18. The minimum Gasteiger partial charge on any atom is -0.335 e. The second kappa shape index (κ2) is 9.92. The average molecular weight is 458 g/mol. The van der Waals surface area contributed by atoms with Crippen molar-refractivity contribution in [1.82, 2.24) is 4.57 Å². The van der Waals surface area contributed by atoms with Gasteiger partial charge in [0, 0.05) is 6.20 Å². The summed E-state index contributed by atoms with van der Waals surface area (Å²) in [4.78, 5) is 0. The van der Waals surface area contributed by atoms with Crippen LogP contribution in [0.1, 0.15) is 0 Å². The molecule has 0 saturated carbocycles. The van der Waals surface area contributed by atoms with Crippen LogP contribution in [0.15, 0.2) is 103 Å². The van der Waals surface area contributed by atoms with E-state index in [4.69, 9.17) is 17.0 Å². The Labute approximate surface area is 172 Å². The molecular weight excluding hydrogens is 440 g/mol. The Kier molecular flexibility index (Phi) is 7.32. The number of aromatic nitrogens is 1. The number of nitrogens with zero attached hydrogens (tertiary/aromatic N) is 1. The van der Waals surface area contributed by atoms with E-state index in [1.165, 1.54) is 27.4 Å². The van der Waals surface area contributed by atoms with Crippen molar-refractivity contribution in [3.05, 3.63) is 103 Å². The first kappa shape index (κ1) is 19.2. The molecule has 26 heavy (non-hydrogen) atoms. The monoisotopic (exact) mass is 455 g/mol. The molecule has 0 amide bonds. The minimum atomic E-state index is -0.826. The summed E-state index contributed by atoms with van der Waals surface area (Å²) in [6, 6.07) is 33.6. The van der Waals surface area contributed by atoms with Crippen LogP contribution in [-0.2, 0) is 20.8 Å². The standard InChI is InChI=1S/C17H12N.C5H5.2ClH.Zr/c1-2-7-15-12-16(11-14(15)6-1)18-10-9-13-5-3-4-8-17(13)18;1-2-4-5-3-1;;;/h1-12H;1-5H;2*1H;/q2*-1;;;+4/p-2. The van der Waals surface area contributed by atoms with E-state index in [-0.39, 0.29) is 0 Å². The molecule has 5 aromatic rings. The zero-order chi connectivity index (χ0) is 18.2. The summed E-state index contributed by atoms with van der Waals surface area (Å²) in [7, 11) is 9.87. The molecule has 1 heterocycles. The molecule has 0 N–H and O–H groups in total. The van der Waals surface area contributed by atoms with Crippen LogP contribution in [0.5, 0.6) is 0 Å². The zero-order valence-electron chi connectivity index (χ0n) is 14.0. The summed E-state index contributed by atoms with van der Waals surface area (Å²) in [5.41, 5.74) is 2.49. The van der Waals surface area contributed by atoms with Crippen molar-refractivity contribution in [2.24, 2.45) is 0 Å². The molecule has 1 nitrogen and oxygen atoms in total. The van der Waals surface area contributed by atoms with Crippen molar-refractivity contribution < 1.29 is 20.8 Å². The second-order valence-electron chi connectivity index (χ2n) is 5.62. The third kappa shape index (κ3) is 4.77. The van der Waals surface area contributed by atoms with Gasteiger partial charge in [-0.15, -0.1) is 41.1 Å². The van der Waals surface area contributed by atoms with Gasteiger partial charge in [-0.1, -0.05) is 24.3 Å². The molecule has 4 aromatic carbocycles. The van der Waals surface area contributed by atoms with Gasteiger partial charge < -0.3 is 4.57 Å². The van der Waals surface area contributed by atoms with Crippen LogP contribution in [0, 0.1) is 0 Å². The van der Waals surface area contributed by atoms with E-state index < -0.39 is 20.8 Å². The van der Waals surface area contributed by atoms with Crippen molar-refractivity contribution >= 4 is 38.7 Å². The first-order chi connectivity index (χ1) is 12.8. The summed E-state index contributed by atoms with van der Waals surface area (Å²) < 4.78 is 2.25. The van der Waals surface area contributed by atoms with Gasteiger partial charge in [-0.25, -0.2) is 12.1 Å². The Hall–Kier alpha value is -1.60. The molecule has 4 heteroatoms. The van der Waals surface area contributed by atoms with Crippen LogP contribution in [-0.4, -0.2) is 4.57 Å². The quantitative estimate of drug-likeness (QED) is 0.233. The predicted octanol–water partition coefficient (Wildman–Crippen LogP) is 7.28. The van der Waals surface area contributed by atoms with E-state index in [0.717, 1.165) is 0 Å². The SMILES string of the molecule is [Cl][Zr+2][Cl].c1cc[cH-]c1.c1ccc2[cH-]c(-n3ccc4ccccc43)cc2c1. The second-order valence-corrected chi connectivity index (χ2v) is 9.35. The number of hydrogen-bond donors (Lipinski definition) is 0. The Morgan fingerprint density at radius 3 is 2.08 bits per heavy atom. The van der Waals surface area contributed by atoms with Gasteiger partial charge >= 0.3 is 37.9 Å². The Balaban J connectivity index is 0.000000207. The normalized spacial score (nSPS) is 9.77. The Morgan fingerprint density at radius 1 is 0.769 bits per heavy atom. The van der Waals surface area contributed by atoms with Crippen molar-refractivity contribution in [3.8, 4) is 5.69 Å². The molecule has 0 aliphatic rings. The first-order valence-corrected chi connectivity index (χ1v) is 14.5. The van der Waals surface area contributed by atoms with Gasteiger partial charge in [0.05, 0.1) is 5.52 Å². The van der Waals surface area contributed by atoms with Gasteiger partial charge in [0.1, 0.15) is 0 Å². The third-order valence-electron chi connectivity index (χ3n) is 4.04. The van der Waals surface area contributed by atoms with Gasteiger partial charge in [0.15, 0.2) is 0 Å². The largest absolute Gasteiger partial charge is 0.335 e. The molecule has 0 aliphatic carbocycles. The number of rotatable bonds is 1. The van der Waals surface area contributed by atoms with E-state index in [0.29, 0.717) is 0 Å². The van der Waals surface area contributed by atoms with Gasteiger partial charge in [0.2, 0.25) is 0 Å². The zero-order valence-corrected chi connectivity index (χ0v) is 18.0. The van der Waals surface area contributed by atoms with Crippen molar-refractivity contribution in [3.63, 3.8) is 0 Å². The van der Waals surface area contributed by atoms with Gasteiger partial charge in [-0.2, -0.15) is 18.2 Å². The van der Waals surface area contributed by atoms with Crippen LogP contribution in [0.25, 0.3) is 27.4 Å². The Bertz CT molecular complexity index is 994. The molecule has 128 valence electrons. The van der Waals surface area contributed by atoms with E-state index in [9.17, 15) is 0 Å². The summed E-state index contributed by atoms with van der Waals surface area (Å²) in [5, 5.41) is 3.87. The van der Waals surface area contributed by atoms with Crippen LogP contribution in [0.2, 0.25) is 0 Å². The van der Waals surface area contributed by atoms with Crippen molar-refractivity contribution in [2.45, 2.75) is 0 Å². The number of benzene rings is 2. The van der Waals surface area contributed by atoms with Gasteiger partial charge in [-0.3, -0.25) is 0 Å². The number of fused-ring (bicyclic) bond motifs is 2. The maximum Gasteiger partial charge on any atom is 0.0511 e. The predicted molar refractivity (Wildman–Crippen MR) is 110 cm³/mol. The number of para-hydroxylation sites is 1. The van der Waals surface area contributed by atoms with E-state index >= 15 is 0 Å². The molecule has 0 bridgehead atoms. The molecular formula is C22H17Cl2NZr. The fourth-order valence-corrected chi connectivity index (χ4v) is 2.90. The fraction of sp³-hybridized carbons (Fsp3) is 0. The van der Waals surface area contributed by atoms with Gasteiger partial charge in [0.25, 0.3) is 0 Å². The molecule has 1 aromatic heterocycles. The molecule has 0 unspecified atom stereocenters. The van der Waals surface area contributed by atoms with Crippen LogP contribution >= 0.6 is 17.0 Å². The molecule has 0 spiro atoms. The molecule has 0 radical (unpaired) electrons. The third-order valence-corrected chi connectivity index (χ3v) is 4.04. The summed E-state index contributed by atoms with van der Waals surface area (Å²) in [6.07, 6.45) is 2.14. The van der Waals surface area contributed by atoms with E-state index in [1.54, 1.807) is 0 Å². The van der Waals surface area contributed by atoms with Crippen LogP contribution < -0.4 is 0 Å². The van der Waals surface area contributed by atoms with Crippen molar-refractivity contribution in [1.29, 1.82) is 0 Å². The van der Waals surface area contributed by atoms with Gasteiger partial charge in [-0.05, 0) is 23.2 Å². The summed E-state index contributed by atoms with van der Waals surface area (Å²) >= 11 is -0.826. The summed E-state index contributed by atoms with van der Waals surface area (Å²) in [5.74, 6) is 0. The molecule has 0 saturated heterocycles. The fourth-order valence-electron chi connectivity index (χ4n) is 2.90. The molecule has 5 rings (SSSR count). The van der Waals surface area contributed by atoms with Crippen LogP contribution in [0.3, 0.4) is 0 Å². The summed E-state index contributed by atoms with van der Waals surface area (Å²) in [6.45, 7) is 0. The smallest absolute Gasteiger partial charge is 0.0511 e. The van der Waals surface area contributed by atoms with E-state index in [2.05, 4.69) is 77.5 Å². The average Bonchev–Trinajstić information content (AvgIpc) is 3.42. The maximum atomic E-state index is 4.93. The van der Waals surface area contributed by atoms with Crippen LogP contribution in [0.4, 0.5) is 0 Å². The minimum absolute atomic E-state index is 0.826. The Morgan fingerprint density at radius 2 is 1.42 bits per heavy atom. The molecule has 0 atom stereocenters. The number of hydrogen-bond acceptors (Lipinski definition) is 0.